The van der Waals surface area contributed by atoms with Crippen LogP contribution in [0.2, 0.25) is 0 Å². The summed E-state index contributed by atoms with van der Waals surface area (Å²) >= 11 is 0. The number of carbonyl (C=O) groups is 3. The van der Waals surface area contributed by atoms with Gasteiger partial charge in [-0.05, 0) is 97.3 Å². The zero-order valence-corrected chi connectivity index (χ0v) is 23.0. The molecule has 2 amide bonds. The lowest BCUT2D eigenvalue weighted by molar-refractivity contribution is 0.0734. The van der Waals surface area contributed by atoms with E-state index in [4.69, 9.17) is 4.74 Å². The first kappa shape index (κ1) is 27.9. The van der Waals surface area contributed by atoms with Gasteiger partial charge in [0, 0.05) is 22.5 Å². The summed E-state index contributed by atoms with van der Waals surface area (Å²) in [6, 6.07) is 32.6. The fraction of sp³-hybridized carbons (Fsp3) is 0.0571. The van der Waals surface area contributed by atoms with Crippen LogP contribution in [0.3, 0.4) is 0 Å². The van der Waals surface area contributed by atoms with Crippen molar-refractivity contribution in [2.24, 2.45) is 0 Å². The molecular formula is C35H28N2O5. The fourth-order valence-electron chi connectivity index (χ4n) is 4.29. The molecule has 7 heteroatoms. The molecule has 0 atom stereocenters. The minimum atomic E-state index is -0.566. The van der Waals surface area contributed by atoms with Crippen molar-refractivity contribution in [1.29, 1.82) is 0 Å². The molecule has 3 N–H and O–H groups in total. The smallest absolute Gasteiger partial charge is 0.343 e. The molecule has 0 radical (unpaired) electrons. The SMILES string of the molecule is Cc1ccc(OC(=O)c2cccc(C(=O)Nc3ccc(C)c(NC(=O)c4cccc(-c5ccc(O)cc5)c4)c3)c2)cc1. The lowest BCUT2D eigenvalue weighted by Gasteiger charge is -2.13. The van der Waals surface area contributed by atoms with Gasteiger partial charge in [-0.25, -0.2) is 4.79 Å². The molecule has 7 nitrogen and oxygen atoms in total. The van der Waals surface area contributed by atoms with Gasteiger partial charge in [-0.1, -0.05) is 54.1 Å². The van der Waals surface area contributed by atoms with E-state index in [1.165, 1.54) is 6.07 Å². The Labute approximate surface area is 243 Å². The average molecular weight is 557 g/mol. The molecule has 42 heavy (non-hydrogen) atoms. The van der Waals surface area contributed by atoms with Gasteiger partial charge in [-0.2, -0.15) is 0 Å². The van der Waals surface area contributed by atoms with E-state index in [1.54, 1.807) is 91.0 Å². The van der Waals surface area contributed by atoms with Crippen molar-refractivity contribution in [2.45, 2.75) is 13.8 Å². The first-order valence-corrected chi connectivity index (χ1v) is 13.3. The summed E-state index contributed by atoms with van der Waals surface area (Å²) in [4.78, 5) is 38.8. The molecule has 0 fully saturated rings. The Hall–Kier alpha value is -5.69. The maximum atomic E-state index is 13.1. The highest BCUT2D eigenvalue weighted by Gasteiger charge is 2.15. The summed E-state index contributed by atoms with van der Waals surface area (Å²) in [5, 5.41) is 15.3. The molecule has 208 valence electrons. The largest absolute Gasteiger partial charge is 0.508 e. The maximum absolute atomic E-state index is 13.1. The van der Waals surface area contributed by atoms with Crippen LogP contribution in [0.5, 0.6) is 11.5 Å². The number of esters is 1. The van der Waals surface area contributed by atoms with E-state index < -0.39 is 11.9 Å². The van der Waals surface area contributed by atoms with Crippen molar-refractivity contribution in [1.82, 2.24) is 0 Å². The molecule has 0 aliphatic carbocycles. The molecule has 0 saturated heterocycles. The van der Waals surface area contributed by atoms with Crippen LogP contribution in [0.15, 0.2) is 115 Å². The first-order valence-electron chi connectivity index (χ1n) is 13.3. The number of amides is 2. The zero-order chi connectivity index (χ0) is 29.6. The van der Waals surface area contributed by atoms with E-state index in [1.807, 2.05) is 32.0 Å². The van der Waals surface area contributed by atoms with Gasteiger partial charge in [0.25, 0.3) is 11.8 Å². The average Bonchev–Trinajstić information content (AvgIpc) is 3.00. The molecular weight excluding hydrogens is 528 g/mol. The van der Waals surface area contributed by atoms with Crippen molar-refractivity contribution in [3.8, 4) is 22.6 Å². The molecule has 0 heterocycles. The molecule has 0 spiro atoms. The quantitative estimate of drug-likeness (QED) is 0.143. The van der Waals surface area contributed by atoms with Gasteiger partial charge >= 0.3 is 5.97 Å². The fourth-order valence-corrected chi connectivity index (χ4v) is 4.29. The Morgan fingerprint density at radius 2 is 1.26 bits per heavy atom. The first-order chi connectivity index (χ1) is 20.2. The Balaban J connectivity index is 1.27. The highest BCUT2D eigenvalue weighted by molar-refractivity contribution is 6.08. The molecule has 0 bridgehead atoms. The number of phenols is 1. The van der Waals surface area contributed by atoms with Crippen LogP contribution in [0, 0.1) is 13.8 Å². The number of ether oxygens (including phenoxy) is 1. The number of carbonyl (C=O) groups excluding carboxylic acids is 3. The Kier molecular flexibility index (Phi) is 8.11. The van der Waals surface area contributed by atoms with E-state index in [0.717, 1.165) is 22.3 Å². The highest BCUT2D eigenvalue weighted by atomic mass is 16.5. The Bertz CT molecular complexity index is 1780. The number of anilines is 2. The molecule has 5 aromatic rings. The van der Waals surface area contributed by atoms with Crippen LogP contribution in [0.4, 0.5) is 11.4 Å². The predicted molar refractivity (Wildman–Crippen MR) is 163 cm³/mol. The second-order valence-corrected chi connectivity index (χ2v) is 9.85. The summed E-state index contributed by atoms with van der Waals surface area (Å²) in [6.45, 7) is 3.80. The Morgan fingerprint density at radius 1 is 0.619 bits per heavy atom. The molecule has 0 saturated carbocycles. The third kappa shape index (κ3) is 6.71. The van der Waals surface area contributed by atoms with Gasteiger partial charge in [0.05, 0.1) is 5.56 Å². The molecule has 5 aromatic carbocycles. The van der Waals surface area contributed by atoms with Crippen molar-refractivity contribution in [2.75, 3.05) is 10.6 Å². The van der Waals surface area contributed by atoms with E-state index in [-0.39, 0.29) is 22.8 Å². The van der Waals surface area contributed by atoms with E-state index in [0.29, 0.717) is 22.7 Å². The summed E-state index contributed by atoms with van der Waals surface area (Å²) in [5.41, 5.74) is 5.59. The number of nitrogens with one attached hydrogen (secondary N) is 2. The van der Waals surface area contributed by atoms with Crippen molar-refractivity contribution in [3.63, 3.8) is 0 Å². The Morgan fingerprint density at radius 3 is 2.00 bits per heavy atom. The highest BCUT2D eigenvalue weighted by Crippen LogP contribution is 2.25. The molecule has 0 aliphatic heterocycles. The summed E-state index contributed by atoms with van der Waals surface area (Å²) in [6.07, 6.45) is 0. The number of benzene rings is 5. The van der Waals surface area contributed by atoms with Crippen LogP contribution >= 0.6 is 0 Å². The van der Waals surface area contributed by atoms with Crippen LogP contribution in [-0.4, -0.2) is 22.9 Å². The normalized spacial score (nSPS) is 10.5. The molecule has 0 unspecified atom stereocenters. The van der Waals surface area contributed by atoms with Crippen molar-refractivity contribution < 1.29 is 24.2 Å². The number of hydrogen-bond donors (Lipinski definition) is 3. The minimum Gasteiger partial charge on any atom is -0.508 e. The predicted octanol–water partition coefficient (Wildman–Crippen LogP) is 7.40. The lowest BCUT2D eigenvalue weighted by atomic mass is 10.0. The third-order valence-electron chi connectivity index (χ3n) is 6.66. The standard InChI is InChI=1S/C35H28N2O5/c1-22-9-17-31(18-10-22)42-35(41)28-8-4-7-27(20-28)33(39)36-29-14-11-23(2)32(21-29)37-34(40)26-6-3-5-25(19-26)24-12-15-30(38)16-13-24/h3-21,38H,1-2H3,(H,36,39)(H,37,40). The van der Waals surface area contributed by atoms with E-state index in [9.17, 15) is 19.5 Å². The lowest BCUT2D eigenvalue weighted by Crippen LogP contribution is -2.16. The van der Waals surface area contributed by atoms with Gasteiger partial charge in [-0.3, -0.25) is 9.59 Å². The van der Waals surface area contributed by atoms with Crippen LogP contribution < -0.4 is 15.4 Å². The van der Waals surface area contributed by atoms with E-state index in [2.05, 4.69) is 10.6 Å². The van der Waals surface area contributed by atoms with Gasteiger partial charge in [0.15, 0.2) is 0 Å². The zero-order valence-electron chi connectivity index (χ0n) is 23.0. The second-order valence-electron chi connectivity index (χ2n) is 9.85. The number of phenolic OH excluding ortho intramolecular Hbond substituents is 1. The summed E-state index contributed by atoms with van der Waals surface area (Å²) < 4.78 is 5.43. The number of rotatable bonds is 7. The monoisotopic (exact) mass is 556 g/mol. The van der Waals surface area contributed by atoms with Gasteiger partial charge in [0.1, 0.15) is 11.5 Å². The topological polar surface area (TPSA) is 105 Å². The molecule has 0 aromatic heterocycles. The van der Waals surface area contributed by atoms with Crippen LogP contribution in [0.25, 0.3) is 11.1 Å². The maximum Gasteiger partial charge on any atom is 0.343 e. The van der Waals surface area contributed by atoms with Crippen molar-refractivity contribution >= 4 is 29.2 Å². The number of aromatic hydroxyl groups is 1. The minimum absolute atomic E-state index is 0.170. The summed E-state index contributed by atoms with van der Waals surface area (Å²) in [5.74, 6) is -0.696. The van der Waals surface area contributed by atoms with Gasteiger partial charge < -0.3 is 20.5 Å². The van der Waals surface area contributed by atoms with Crippen molar-refractivity contribution in [3.05, 3.63) is 143 Å². The van der Waals surface area contributed by atoms with Gasteiger partial charge in [-0.15, -0.1) is 0 Å². The van der Waals surface area contributed by atoms with Gasteiger partial charge in [0.2, 0.25) is 0 Å². The third-order valence-corrected chi connectivity index (χ3v) is 6.66. The molecule has 5 rings (SSSR count). The molecule has 0 aliphatic rings. The number of aryl methyl sites for hydroxylation is 2. The van der Waals surface area contributed by atoms with Crippen LogP contribution in [-0.2, 0) is 0 Å². The second kappa shape index (κ2) is 12.2. The number of hydrogen-bond acceptors (Lipinski definition) is 5. The van der Waals surface area contributed by atoms with Crippen LogP contribution in [0.1, 0.15) is 42.2 Å². The summed E-state index contributed by atoms with van der Waals surface area (Å²) in [7, 11) is 0. The van der Waals surface area contributed by atoms with E-state index >= 15 is 0 Å².